The van der Waals surface area contributed by atoms with E-state index in [1.807, 2.05) is 20.8 Å². The monoisotopic (exact) mass is 422 g/mol. The normalized spacial score (nSPS) is 21.1. The van der Waals surface area contributed by atoms with E-state index >= 15 is 0 Å². The summed E-state index contributed by atoms with van der Waals surface area (Å²) >= 11 is 0. The minimum Gasteiger partial charge on any atom is -0.356 e. The molecule has 126 valence electrons. The molecule has 0 aromatic heterocycles. The molecule has 0 bridgehead atoms. The van der Waals surface area contributed by atoms with E-state index in [2.05, 4.69) is 15.6 Å². The van der Waals surface area contributed by atoms with Crippen molar-refractivity contribution in [3.8, 4) is 0 Å². The summed E-state index contributed by atoms with van der Waals surface area (Å²) in [7, 11) is 1.69. The predicted molar refractivity (Wildman–Crippen MR) is 90.3 cm³/mol. The lowest BCUT2D eigenvalue weighted by Gasteiger charge is -2.24. The van der Waals surface area contributed by atoms with Gasteiger partial charge >= 0.3 is 6.18 Å². The van der Waals surface area contributed by atoms with E-state index in [0.717, 1.165) is 6.42 Å². The highest BCUT2D eigenvalue weighted by Gasteiger charge is 2.34. The van der Waals surface area contributed by atoms with E-state index in [-0.39, 0.29) is 35.4 Å². The molecule has 0 saturated carbocycles. The van der Waals surface area contributed by atoms with Crippen LogP contribution in [0.1, 0.15) is 27.2 Å². The van der Waals surface area contributed by atoms with E-state index in [9.17, 15) is 13.2 Å². The van der Waals surface area contributed by atoms with Crippen LogP contribution < -0.4 is 10.6 Å². The summed E-state index contributed by atoms with van der Waals surface area (Å²) in [6, 6.07) is 0. The van der Waals surface area contributed by atoms with Gasteiger partial charge in [0.25, 0.3) is 0 Å². The van der Waals surface area contributed by atoms with Gasteiger partial charge in [-0.1, -0.05) is 0 Å². The molecule has 1 fully saturated rings. The molecule has 8 heteroatoms. The van der Waals surface area contributed by atoms with E-state index in [1.165, 1.54) is 4.90 Å². The summed E-state index contributed by atoms with van der Waals surface area (Å²) in [5, 5.41) is 6.41. The highest BCUT2D eigenvalue weighted by Crippen LogP contribution is 2.22. The second-order valence-electron chi connectivity index (χ2n) is 6.33. The number of hydrogen-bond donors (Lipinski definition) is 2. The van der Waals surface area contributed by atoms with Gasteiger partial charge in [0.15, 0.2) is 5.96 Å². The quantitative estimate of drug-likeness (QED) is 0.417. The van der Waals surface area contributed by atoms with Crippen LogP contribution in [0.2, 0.25) is 0 Å². The summed E-state index contributed by atoms with van der Waals surface area (Å²) < 4.78 is 36.9. The Morgan fingerprint density at radius 1 is 1.29 bits per heavy atom. The molecule has 0 aliphatic carbocycles. The molecule has 1 aliphatic rings. The van der Waals surface area contributed by atoms with Gasteiger partial charge in [0, 0.05) is 25.7 Å². The lowest BCUT2D eigenvalue weighted by atomic mass is 10.1. The fourth-order valence-corrected chi connectivity index (χ4v) is 2.25. The molecule has 1 aliphatic heterocycles. The Bertz CT molecular complexity index is 339. The topological polar surface area (TPSA) is 39.7 Å². The summed E-state index contributed by atoms with van der Waals surface area (Å²) in [6.07, 6.45) is -3.32. The number of halogens is 4. The molecule has 1 rings (SSSR count). The molecule has 0 amide bonds. The number of rotatable bonds is 3. The molecule has 0 aromatic carbocycles. The van der Waals surface area contributed by atoms with Gasteiger partial charge in [-0.25, -0.2) is 0 Å². The number of likely N-dealkylation sites (tertiary alicyclic amines) is 1. The van der Waals surface area contributed by atoms with Crippen LogP contribution in [-0.2, 0) is 0 Å². The zero-order valence-corrected chi connectivity index (χ0v) is 15.4. The van der Waals surface area contributed by atoms with Gasteiger partial charge in [-0.15, -0.1) is 24.0 Å². The van der Waals surface area contributed by atoms with Crippen LogP contribution in [0.15, 0.2) is 4.99 Å². The van der Waals surface area contributed by atoms with Crippen molar-refractivity contribution in [1.82, 2.24) is 15.5 Å². The van der Waals surface area contributed by atoms with Crippen LogP contribution in [-0.4, -0.2) is 55.8 Å². The molecule has 1 heterocycles. The number of alkyl halides is 3. The zero-order chi connectivity index (χ0) is 15.4. The second-order valence-corrected chi connectivity index (χ2v) is 6.33. The Hall–Kier alpha value is -0.250. The average Bonchev–Trinajstić information content (AvgIpc) is 2.67. The number of guanidine groups is 1. The largest absolute Gasteiger partial charge is 0.401 e. The van der Waals surface area contributed by atoms with Gasteiger partial charge in [-0.05, 0) is 39.7 Å². The zero-order valence-electron chi connectivity index (χ0n) is 13.0. The maximum absolute atomic E-state index is 12.3. The number of aliphatic imine (C=N–C) groups is 1. The molecule has 1 unspecified atom stereocenters. The highest BCUT2D eigenvalue weighted by molar-refractivity contribution is 14.0. The van der Waals surface area contributed by atoms with Crippen molar-refractivity contribution >= 4 is 29.9 Å². The van der Waals surface area contributed by atoms with Crippen LogP contribution in [0, 0.1) is 5.92 Å². The standard InChI is InChI=1S/C13H25F3N4.HI/c1-12(2,3)19-11(17-4)18-7-10-5-6-20(8-10)9-13(14,15)16;/h10H,5-9H2,1-4H3,(H2,17,18,19);1H. The first kappa shape index (κ1) is 20.8. The van der Waals surface area contributed by atoms with Gasteiger partial charge in [0.05, 0.1) is 6.54 Å². The summed E-state index contributed by atoms with van der Waals surface area (Å²) in [5.74, 6) is 0.919. The number of nitrogens with zero attached hydrogens (tertiary/aromatic N) is 2. The van der Waals surface area contributed by atoms with Crippen molar-refractivity contribution < 1.29 is 13.2 Å². The van der Waals surface area contributed by atoms with Crippen molar-refractivity contribution in [2.75, 3.05) is 33.2 Å². The summed E-state index contributed by atoms with van der Waals surface area (Å²) in [4.78, 5) is 5.58. The van der Waals surface area contributed by atoms with Crippen molar-refractivity contribution in [3.63, 3.8) is 0 Å². The van der Waals surface area contributed by atoms with Gasteiger partial charge in [0.1, 0.15) is 0 Å². The van der Waals surface area contributed by atoms with Crippen molar-refractivity contribution in [2.45, 2.75) is 38.9 Å². The minimum atomic E-state index is -4.11. The van der Waals surface area contributed by atoms with Crippen molar-refractivity contribution in [2.24, 2.45) is 10.9 Å². The van der Waals surface area contributed by atoms with Gasteiger partial charge in [-0.2, -0.15) is 13.2 Å². The van der Waals surface area contributed by atoms with Crippen LogP contribution in [0.4, 0.5) is 13.2 Å². The van der Waals surface area contributed by atoms with Crippen molar-refractivity contribution in [1.29, 1.82) is 0 Å². The highest BCUT2D eigenvalue weighted by atomic mass is 127. The fourth-order valence-electron chi connectivity index (χ4n) is 2.25. The summed E-state index contributed by atoms with van der Waals surface area (Å²) in [6.45, 7) is 6.92. The van der Waals surface area contributed by atoms with E-state index in [4.69, 9.17) is 0 Å². The van der Waals surface area contributed by atoms with Crippen LogP contribution in [0.3, 0.4) is 0 Å². The number of nitrogens with one attached hydrogen (secondary N) is 2. The first-order valence-corrected chi connectivity index (χ1v) is 6.87. The molecule has 0 aromatic rings. The van der Waals surface area contributed by atoms with Crippen LogP contribution in [0.5, 0.6) is 0 Å². The average molecular weight is 422 g/mol. The third kappa shape index (κ3) is 9.38. The summed E-state index contributed by atoms with van der Waals surface area (Å²) in [5.41, 5.74) is -0.0974. The maximum atomic E-state index is 12.3. The Morgan fingerprint density at radius 3 is 2.38 bits per heavy atom. The molecule has 2 N–H and O–H groups in total. The smallest absolute Gasteiger partial charge is 0.356 e. The van der Waals surface area contributed by atoms with Gasteiger partial charge in [-0.3, -0.25) is 9.89 Å². The van der Waals surface area contributed by atoms with Crippen LogP contribution >= 0.6 is 24.0 Å². The molecule has 4 nitrogen and oxygen atoms in total. The lowest BCUT2D eigenvalue weighted by Crippen LogP contribution is -2.48. The molecule has 21 heavy (non-hydrogen) atoms. The first-order chi connectivity index (χ1) is 9.09. The van der Waals surface area contributed by atoms with E-state index in [0.29, 0.717) is 25.6 Å². The van der Waals surface area contributed by atoms with Crippen LogP contribution in [0.25, 0.3) is 0 Å². The fraction of sp³-hybridized carbons (Fsp3) is 0.923. The molecule has 1 atom stereocenters. The lowest BCUT2D eigenvalue weighted by molar-refractivity contribution is -0.143. The Labute approximate surface area is 142 Å². The number of hydrogen-bond acceptors (Lipinski definition) is 2. The molecule has 0 radical (unpaired) electrons. The van der Waals surface area contributed by atoms with E-state index in [1.54, 1.807) is 7.05 Å². The molecule has 0 spiro atoms. The molecule has 1 saturated heterocycles. The Morgan fingerprint density at radius 2 is 1.90 bits per heavy atom. The molecular formula is C13H26F3IN4. The minimum absolute atomic E-state index is 0. The third-order valence-corrected chi connectivity index (χ3v) is 3.05. The first-order valence-electron chi connectivity index (χ1n) is 6.87. The second kappa shape index (κ2) is 8.40. The van der Waals surface area contributed by atoms with Gasteiger partial charge in [0.2, 0.25) is 0 Å². The Balaban J connectivity index is 0.00000400. The molecular weight excluding hydrogens is 396 g/mol. The van der Waals surface area contributed by atoms with Gasteiger partial charge < -0.3 is 10.6 Å². The van der Waals surface area contributed by atoms with E-state index < -0.39 is 12.7 Å². The van der Waals surface area contributed by atoms with Crippen molar-refractivity contribution in [3.05, 3.63) is 0 Å². The Kier molecular flexibility index (Phi) is 8.30. The third-order valence-electron chi connectivity index (χ3n) is 3.05. The maximum Gasteiger partial charge on any atom is 0.401 e. The predicted octanol–water partition coefficient (Wildman–Crippen LogP) is 2.45. The SMILES string of the molecule is CN=C(NCC1CCN(CC(F)(F)F)C1)NC(C)(C)C.I.